The number of rotatable bonds is 4. The highest BCUT2D eigenvalue weighted by Crippen LogP contribution is 2.39. The highest BCUT2D eigenvalue weighted by atomic mass is 16.3. The summed E-state index contributed by atoms with van der Waals surface area (Å²) in [4.78, 5) is 0. The van der Waals surface area contributed by atoms with E-state index in [9.17, 15) is 5.11 Å². The number of phenolic OH excluding ortho intramolecular Hbond substituents is 1. The zero-order valence-corrected chi connectivity index (χ0v) is 14.5. The normalized spacial score (nSPS) is 16.3. The van der Waals surface area contributed by atoms with E-state index in [0.29, 0.717) is 5.75 Å². The van der Waals surface area contributed by atoms with Gasteiger partial charge in [0.1, 0.15) is 5.75 Å². The molecule has 0 amide bonds. The molecule has 0 radical (unpaired) electrons. The van der Waals surface area contributed by atoms with Gasteiger partial charge in [-0.2, -0.15) is 0 Å². The van der Waals surface area contributed by atoms with E-state index in [0.717, 1.165) is 30.1 Å². The molecule has 1 aromatic rings. The van der Waals surface area contributed by atoms with Gasteiger partial charge in [-0.25, -0.2) is 0 Å². The zero-order chi connectivity index (χ0) is 15.8. The van der Waals surface area contributed by atoms with E-state index in [1.807, 2.05) is 0 Å². The molecular weight excluding hydrogens is 258 g/mol. The Labute approximate surface area is 130 Å². The van der Waals surface area contributed by atoms with Crippen LogP contribution in [0.25, 0.3) is 0 Å². The molecule has 2 N–H and O–H groups in total. The number of aromatic hydroxyl groups is 1. The molecule has 21 heavy (non-hydrogen) atoms. The van der Waals surface area contributed by atoms with Gasteiger partial charge in [0.2, 0.25) is 0 Å². The van der Waals surface area contributed by atoms with Crippen LogP contribution in [0.1, 0.15) is 71.1 Å². The quantitative estimate of drug-likeness (QED) is 0.867. The maximum absolute atomic E-state index is 10.7. The van der Waals surface area contributed by atoms with Crippen molar-refractivity contribution >= 4 is 0 Å². The molecule has 1 aliphatic carbocycles. The monoisotopic (exact) mass is 289 g/mol. The Bertz CT molecular complexity index is 466. The lowest BCUT2D eigenvalue weighted by Crippen LogP contribution is -2.21. The standard InChI is InChI=1S/C19H31NO/c1-18(2,3)15-11-13(9-10-20-14-7-8-14)12-16(17(15)21)19(4,5)6/h11-12,14,20-21H,7-10H2,1-6H3. The van der Waals surface area contributed by atoms with Crippen molar-refractivity contribution in [3.05, 3.63) is 28.8 Å². The van der Waals surface area contributed by atoms with Gasteiger partial charge in [0.05, 0.1) is 0 Å². The summed E-state index contributed by atoms with van der Waals surface area (Å²) in [6.07, 6.45) is 3.69. The third kappa shape index (κ3) is 4.23. The third-order valence-electron chi connectivity index (χ3n) is 4.21. The van der Waals surface area contributed by atoms with E-state index in [1.165, 1.54) is 18.4 Å². The maximum Gasteiger partial charge on any atom is 0.123 e. The van der Waals surface area contributed by atoms with E-state index in [-0.39, 0.29) is 10.8 Å². The summed E-state index contributed by atoms with van der Waals surface area (Å²) in [5.74, 6) is 0.480. The minimum Gasteiger partial charge on any atom is -0.507 e. The summed E-state index contributed by atoms with van der Waals surface area (Å²) in [6.45, 7) is 14.0. The summed E-state index contributed by atoms with van der Waals surface area (Å²) < 4.78 is 0. The van der Waals surface area contributed by atoms with Gasteiger partial charge < -0.3 is 10.4 Å². The van der Waals surface area contributed by atoms with Crippen LogP contribution in [0.4, 0.5) is 0 Å². The van der Waals surface area contributed by atoms with E-state index >= 15 is 0 Å². The van der Waals surface area contributed by atoms with Crippen LogP contribution in [0.2, 0.25) is 0 Å². The molecule has 0 atom stereocenters. The van der Waals surface area contributed by atoms with Crippen molar-refractivity contribution < 1.29 is 5.11 Å². The van der Waals surface area contributed by atoms with Crippen LogP contribution in [0.3, 0.4) is 0 Å². The summed E-state index contributed by atoms with van der Waals surface area (Å²) in [5.41, 5.74) is 3.39. The molecule has 0 heterocycles. The van der Waals surface area contributed by atoms with Gasteiger partial charge in [-0.3, -0.25) is 0 Å². The smallest absolute Gasteiger partial charge is 0.123 e. The summed E-state index contributed by atoms with van der Waals surface area (Å²) >= 11 is 0. The molecule has 0 saturated heterocycles. The highest BCUT2D eigenvalue weighted by molar-refractivity contribution is 5.49. The first kappa shape index (κ1) is 16.4. The second kappa shape index (κ2) is 5.64. The minimum atomic E-state index is -0.0377. The number of hydrogen-bond acceptors (Lipinski definition) is 2. The van der Waals surface area contributed by atoms with E-state index < -0.39 is 0 Å². The van der Waals surface area contributed by atoms with Crippen LogP contribution >= 0.6 is 0 Å². The van der Waals surface area contributed by atoms with Crippen LogP contribution in [0.15, 0.2) is 12.1 Å². The van der Waals surface area contributed by atoms with Gasteiger partial charge in [-0.15, -0.1) is 0 Å². The van der Waals surface area contributed by atoms with Crippen LogP contribution in [-0.4, -0.2) is 17.7 Å². The van der Waals surface area contributed by atoms with Gasteiger partial charge in [-0.1, -0.05) is 53.7 Å². The Morgan fingerprint density at radius 3 is 1.86 bits per heavy atom. The Morgan fingerprint density at radius 1 is 1.00 bits per heavy atom. The van der Waals surface area contributed by atoms with Crippen molar-refractivity contribution in [3.63, 3.8) is 0 Å². The maximum atomic E-state index is 10.7. The molecule has 0 aromatic heterocycles. The molecule has 2 heteroatoms. The van der Waals surface area contributed by atoms with Crippen LogP contribution in [0, 0.1) is 0 Å². The van der Waals surface area contributed by atoms with Crippen LogP contribution in [-0.2, 0) is 17.3 Å². The first-order valence-electron chi connectivity index (χ1n) is 8.19. The molecule has 118 valence electrons. The second-order valence-corrected chi connectivity index (χ2v) is 8.52. The lowest BCUT2D eigenvalue weighted by molar-refractivity contribution is 0.422. The number of phenols is 1. The van der Waals surface area contributed by atoms with Gasteiger partial charge in [0, 0.05) is 6.04 Å². The van der Waals surface area contributed by atoms with Crippen molar-refractivity contribution in [1.29, 1.82) is 0 Å². The molecule has 0 aliphatic heterocycles. The first-order valence-corrected chi connectivity index (χ1v) is 8.19. The molecule has 1 saturated carbocycles. The SMILES string of the molecule is CC(C)(C)c1cc(CCNC2CC2)cc(C(C)(C)C)c1O. The van der Waals surface area contributed by atoms with Crippen molar-refractivity contribution in [2.75, 3.05) is 6.54 Å². The van der Waals surface area contributed by atoms with Crippen molar-refractivity contribution in [2.45, 2.75) is 77.7 Å². The van der Waals surface area contributed by atoms with Gasteiger partial charge in [-0.05, 0) is 53.3 Å². The molecular formula is C19H31NO. The number of nitrogens with one attached hydrogen (secondary N) is 1. The van der Waals surface area contributed by atoms with Crippen molar-refractivity contribution in [3.8, 4) is 5.75 Å². The molecule has 2 nitrogen and oxygen atoms in total. The first-order chi connectivity index (χ1) is 9.59. The molecule has 1 aliphatic rings. The molecule has 2 rings (SSSR count). The number of benzene rings is 1. The highest BCUT2D eigenvalue weighted by Gasteiger charge is 2.26. The van der Waals surface area contributed by atoms with Crippen molar-refractivity contribution in [2.24, 2.45) is 0 Å². The van der Waals surface area contributed by atoms with Crippen LogP contribution < -0.4 is 5.32 Å². The van der Waals surface area contributed by atoms with E-state index in [4.69, 9.17) is 0 Å². The molecule has 0 unspecified atom stereocenters. The largest absolute Gasteiger partial charge is 0.507 e. The fourth-order valence-corrected chi connectivity index (χ4v) is 2.69. The average molecular weight is 289 g/mol. The van der Waals surface area contributed by atoms with E-state index in [2.05, 4.69) is 59.0 Å². The summed E-state index contributed by atoms with van der Waals surface area (Å²) in [5, 5.41) is 14.3. The summed E-state index contributed by atoms with van der Waals surface area (Å²) in [6, 6.07) is 5.14. The Hall–Kier alpha value is -1.02. The fourth-order valence-electron chi connectivity index (χ4n) is 2.69. The van der Waals surface area contributed by atoms with Gasteiger partial charge >= 0.3 is 0 Å². The molecule has 1 aromatic carbocycles. The summed E-state index contributed by atoms with van der Waals surface area (Å²) in [7, 11) is 0. The topological polar surface area (TPSA) is 32.3 Å². The molecule has 1 fully saturated rings. The lowest BCUT2D eigenvalue weighted by atomic mass is 9.78. The Kier molecular flexibility index (Phi) is 4.39. The third-order valence-corrected chi connectivity index (χ3v) is 4.21. The van der Waals surface area contributed by atoms with Crippen molar-refractivity contribution in [1.82, 2.24) is 5.32 Å². The second-order valence-electron chi connectivity index (χ2n) is 8.52. The lowest BCUT2D eigenvalue weighted by Gasteiger charge is -2.28. The molecule has 0 spiro atoms. The fraction of sp³-hybridized carbons (Fsp3) is 0.684. The predicted molar refractivity (Wildman–Crippen MR) is 90.2 cm³/mol. The Morgan fingerprint density at radius 2 is 1.48 bits per heavy atom. The average Bonchev–Trinajstić information content (AvgIpc) is 3.12. The van der Waals surface area contributed by atoms with E-state index in [1.54, 1.807) is 0 Å². The van der Waals surface area contributed by atoms with Gasteiger partial charge in [0.25, 0.3) is 0 Å². The zero-order valence-electron chi connectivity index (χ0n) is 14.5. The predicted octanol–water partition coefficient (Wildman–Crippen LogP) is 4.28. The number of hydrogen-bond donors (Lipinski definition) is 2. The van der Waals surface area contributed by atoms with Crippen LogP contribution in [0.5, 0.6) is 5.75 Å². The minimum absolute atomic E-state index is 0.0377. The molecule has 0 bridgehead atoms. The Balaban J connectivity index is 2.31. The van der Waals surface area contributed by atoms with Gasteiger partial charge in [0.15, 0.2) is 0 Å².